The van der Waals surface area contributed by atoms with Gasteiger partial charge in [-0.2, -0.15) is 0 Å². The summed E-state index contributed by atoms with van der Waals surface area (Å²) in [5.74, 6) is 0.797. The summed E-state index contributed by atoms with van der Waals surface area (Å²) >= 11 is 0. The fourth-order valence-corrected chi connectivity index (χ4v) is 4.69. The van der Waals surface area contributed by atoms with Crippen LogP contribution in [0.25, 0.3) is 0 Å². The Hall–Kier alpha value is -1.31. The first-order valence-corrected chi connectivity index (χ1v) is 7.81. The van der Waals surface area contributed by atoms with Crippen LogP contribution in [0, 0.1) is 0 Å². The fourth-order valence-electron chi connectivity index (χ4n) is 2.85. The monoisotopic (exact) mass is 285 g/mol. The Morgan fingerprint density at radius 3 is 2.68 bits per heavy atom. The molecule has 3 atom stereocenters. The van der Waals surface area contributed by atoms with Crippen LogP contribution in [0.5, 0.6) is 11.5 Å². The molecule has 1 fully saturated rings. The predicted molar refractivity (Wildman–Crippen MR) is 67.9 cm³/mol. The van der Waals surface area contributed by atoms with Crippen LogP contribution in [0.2, 0.25) is 0 Å². The minimum atomic E-state index is -3.32. The molecule has 2 aliphatic rings. The number of hydrogen-bond acceptors (Lipinski definition) is 6. The van der Waals surface area contributed by atoms with Crippen LogP contribution in [0.1, 0.15) is 11.5 Å². The summed E-state index contributed by atoms with van der Waals surface area (Å²) in [6, 6.07) is 5.23. The summed E-state index contributed by atoms with van der Waals surface area (Å²) in [5, 5.41) is 8.62. The number of fused-ring (bicyclic) bond motifs is 1. The van der Waals surface area contributed by atoms with Gasteiger partial charge < -0.3 is 20.3 Å². The van der Waals surface area contributed by atoms with E-state index in [4.69, 9.17) is 15.2 Å². The minimum absolute atomic E-state index is 0.159. The van der Waals surface area contributed by atoms with Crippen LogP contribution >= 0.6 is 0 Å². The van der Waals surface area contributed by atoms with Crippen molar-refractivity contribution in [3.05, 3.63) is 23.8 Å². The Kier molecular flexibility index (Phi) is 2.57. The molecular formula is C12H15NO5S. The van der Waals surface area contributed by atoms with Gasteiger partial charge in [-0.15, -0.1) is 0 Å². The van der Waals surface area contributed by atoms with Crippen LogP contribution in [-0.4, -0.2) is 44.0 Å². The Balaban J connectivity index is 1.99. The van der Waals surface area contributed by atoms with E-state index >= 15 is 0 Å². The number of nitrogens with two attached hydrogens (primary N) is 1. The van der Waals surface area contributed by atoms with E-state index in [9.17, 15) is 13.5 Å². The molecule has 0 bridgehead atoms. The van der Waals surface area contributed by atoms with E-state index in [0.29, 0.717) is 11.5 Å². The van der Waals surface area contributed by atoms with E-state index in [0.717, 1.165) is 11.8 Å². The van der Waals surface area contributed by atoms with E-state index in [-0.39, 0.29) is 13.4 Å². The first-order chi connectivity index (χ1) is 8.88. The Morgan fingerprint density at radius 2 is 2.11 bits per heavy atom. The van der Waals surface area contributed by atoms with E-state index in [1.807, 2.05) is 0 Å². The molecule has 1 aromatic rings. The number of ether oxygens (including phenoxy) is 2. The third-order valence-electron chi connectivity index (χ3n) is 3.79. The Morgan fingerprint density at radius 1 is 1.42 bits per heavy atom. The number of rotatable bonds is 3. The lowest BCUT2D eigenvalue weighted by atomic mass is 10.1. The largest absolute Gasteiger partial charge is 0.454 e. The van der Waals surface area contributed by atoms with Crippen molar-refractivity contribution in [1.82, 2.24) is 0 Å². The van der Waals surface area contributed by atoms with Crippen molar-refractivity contribution in [2.75, 3.05) is 19.7 Å². The minimum Gasteiger partial charge on any atom is -0.454 e. The molecular weight excluding hydrogens is 270 g/mol. The van der Waals surface area contributed by atoms with Crippen molar-refractivity contribution in [2.45, 2.75) is 16.7 Å². The molecule has 1 aromatic carbocycles. The van der Waals surface area contributed by atoms with Gasteiger partial charge in [0.15, 0.2) is 21.3 Å². The van der Waals surface area contributed by atoms with Gasteiger partial charge in [0, 0.05) is 12.2 Å². The van der Waals surface area contributed by atoms with Crippen LogP contribution < -0.4 is 15.2 Å². The average Bonchev–Trinajstić information content (AvgIpc) is 2.77. The maximum atomic E-state index is 11.7. The number of aliphatic hydroxyl groups excluding tert-OH is 1. The van der Waals surface area contributed by atoms with Crippen molar-refractivity contribution < 1.29 is 23.0 Å². The predicted octanol–water partition coefficient (Wildman–Crippen LogP) is -0.384. The molecule has 7 heteroatoms. The molecule has 1 heterocycles. The van der Waals surface area contributed by atoms with Crippen LogP contribution in [0.3, 0.4) is 0 Å². The highest BCUT2D eigenvalue weighted by Gasteiger charge is 2.67. The van der Waals surface area contributed by atoms with Crippen LogP contribution in [0.4, 0.5) is 0 Å². The van der Waals surface area contributed by atoms with Crippen LogP contribution in [-0.2, 0) is 9.84 Å². The molecule has 104 valence electrons. The highest BCUT2D eigenvalue weighted by Crippen LogP contribution is 2.54. The lowest BCUT2D eigenvalue weighted by Gasteiger charge is -2.07. The second-order valence-corrected chi connectivity index (χ2v) is 7.28. The lowest BCUT2D eigenvalue weighted by Crippen LogP contribution is -2.34. The molecule has 19 heavy (non-hydrogen) atoms. The molecule has 3 rings (SSSR count). The molecule has 0 amide bonds. The standard InChI is InChI=1S/C12H15NO5S/c1-19(15,16)11-10(12(11,13)5-14)7-2-3-8-9(4-7)18-6-17-8/h2-4,10-11,14H,5-6,13H2,1H3/t10-,11-,12-/m0/s1. The molecule has 0 spiro atoms. The van der Waals surface area contributed by atoms with Gasteiger partial charge in [-0.3, -0.25) is 0 Å². The summed E-state index contributed by atoms with van der Waals surface area (Å²) in [5.41, 5.74) is 5.63. The zero-order valence-corrected chi connectivity index (χ0v) is 11.2. The maximum Gasteiger partial charge on any atom is 0.231 e. The Labute approximate surface area is 111 Å². The van der Waals surface area contributed by atoms with E-state index in [1.165, 1.54) is 0 Å². The third-order valence-corrected chi connectivity index (χ3v) is 5.43. The molecule has 1 aliphatic heterocycles. The van der Waals surface area contributed by atoms with Crippen molar-refractivity contribution in [1.29, 1.82) is 0 Å². The molecule has 0 saturated heterocycles. The van der Waals surface area contributed by atoms with Crippen molar-refractivity contribution in [3.63, 3.8) is 0 Å². The SMILES string of the molecule is CS(=O)(=O)[C@H]1[C@H](c2ccc3c(c2)OCO3)[C@@]1(N)CO. The van der Waals surface area contributed by atoms with E-state index in [1.54, 1.807) is 18.2 Å². The number of hydrogen-bond donors (Lipinski definition) is 2. The van der Waals surface area contributed by atoms with Gasteiger partial charge >= 0.3 is 0 Å². The second-order valence-electron chi connectivity index (χ2n) is 5.11. The fraction of sp³-hybridized carbons (Fsp3) is 0.500. The third kappa shape index (κ3) is 1.80. The van der Waals surface area contributed by atoms with Gasteiger partial charge in [-0.25, -0.2) is 8.42 Å². The zero-order chi connectivity index (χ0) is 13.8. The molecule has 0 unspecified atom stereocenters. The summed E-state index contributed by atoms with van der Waals surface area (Å²) in [7, 11) is -3.32. The second kappa shape index (κ2) is 3.84. The molecule has 6 nitrogen and oxygen atoms in total. The van der Waals surface area contributed by atoms with E-state index in [2.05, 4.69) is 0 Å². The highest BCUT2D eigenvalue weighted by molar-refractivity contribution is 7.91. The van der Waals surface area contributed by atoms with Gasteiger partial charge in [-0.1, -0.05) is 6.07 Å². The molecule has 1 saturated carbocycles. The van der Waals surface area contributed by atoms with Gasteiger partial charge in [-0.05, 0) is 17.7 Å². The average molecular weight is 285 g/mol. The smallest absolute Gasteiger partial charge is 0.231 e. The quantitative estimate of drug-likeness (QED) is 0.785. The van der Waals surface area contributed by atoms with Crippen molar-refractivity contribution >= 4 is 9.84 Å². The van der Waals surface area contributed by atoms with Gasteiger partial charge in [0.05, 0.1) is 17.4 Å². The molecule has 3 N–H and O–H groups in total. The van der Waals surface area contributed by atoms with Gasteiger partial charge in [0.25, 0.3) is 0 Å². The summed E-state index contributed by atoms with van der Waals surface area (Å²) < 4.78 is 33.9. The number of aliphatic hydroxyl groups is 1. The zero-order valence-electron chi connectivity index (χ0n) is 10.4. The van der Waals surface area contributed by atoms with Crippen molar-refractivity contribution in [3.8, 4) is 11.5 Å². The van der Waals surface area contributed by atoms with E-state index < -0.39 is 26.5 Å². The summed E-state index contributed by atoms with van der Waals surface area (Å²) in [4.78, 5) is 0. The van der Waals surface area contributed by atoms with Gasteiger partial charge in [0.2, 0.25) is 6.79 Å². The molecule has 1 aliphatic carbocycles. The highest BCUT2D eigenvalue weighted by atomic mass is 32.2. The Bertz CT molecular complexity index is 629. The van der Waals surface area contributed by atoms with Crippen molar-refractivity contribution in [2.24, 2.45) is 5.73 Å². The molecule has 0 aromatic heterocycles. The van der Waals surface area contributed by atoms with Gasteiger partial charge in [0.1, 0.15) is 0 Å². The number of sulfone groups is 1. The lowest BCUT2D eigenvalue weighted by molar-refractivity contribution is 0.174. The first kappa shape index (κ1) is 12.7. The van der Waals surface area contributed by atoms with Crippen LogP contribution in [0.15, 0.2) is 18.2 Å². The maximum absolute atomic E-state index is 11.7. The topological polar surface area (TPSA) is 98.9 Å². The number of benzene rings is 1. The normalized spacial score (nSPS) is 32.4. The summed E-state index contributed by atoms with van der Waals surface area (Å²) in [6.07, 6.45) is 1.14. The summed E-state index contributed by atoms with van der Waals surface area (Å²) in [6.45, 7) is -0.212. The molecule has 0 radical (unpaired) electrons. The first-order valence-electron chi connectivity index (χ1n) is 5.86.